The number of methoxy groups -OCH3 is 1. The summed E-state index contributed by atoms with van der Waals surface area (Å²) < 4.78 is 21.2. The van der Waals surface area contributed by atoms with E-state index in [0.717, 1.165) is 5.56 Å². The van der Waals surface area contributed by atoms with E-state index in [2.05, 4.69) is 4.74 Å². The summed E-state index contributed by atoms with van der Waals surface area (Å²) in [6.07, 6.45) is 1.27. The zero-order chi connectivity index (χ0) is 25.4. The van der Waals surface area contributed by atoms with E-state index < -0.39 is 23.3 Å². The van der Waals surface area contributed by atoms with Crippen LogP contribution in [0.5, 0.6) is 23.0 Å². The molecule has 0 aliphatic carbocycles. The summed E-state index contributed by atoms with van der Waals surface area (Å²) >= 11 is 0. The molecule has 0 fully saturated rings. The highest BCUT2D eigenvalue weighted by atomic mass is 16.6. The molecule has 0 bridgehead atoms. The Balaban J connectivity index is 1.60. The van der Waals surface area contributed by atoms with Gasteiger partial charge in [0.2, 0.25) is 5.43 Å². The highest BCUT2D eigenvalue weighted by Crippen LogP contribution is 2.45. The summed E-state index contributed by atoms with van der Waals surface area (Å²) in [6, 6.07) is 14.0. The Labute approximate surface area is 204 Å². The fourth-order valence-corrected chi connectivity index (χ4v) is 4.25. The molecule has 5 rings (SSSR count). The Kier molecular flexibility index (Phi) is 5.81. The molecule has 0 spiro atoms. The van der Waals surface area contributed by atoms with Crippen LogP contribution in [0, 0.1) is 0 Å². The quantitative estimate of drug-likeness (QED) is 0.317. The monoisotopic (exact) mass is 488 g/mol. The predicted molar refractivity (Wildman–Crippen MR) is 127 cm³/mol. The third-order valence-corrected chi connectivity index (χ3v) is 6.02. The molecular formula is C27H20O9. The second-order valence-corrected chi connectivity index (χ2v) is 8.20. The molecule has 0 saturated carbocycles. The van der Waals surface area contributed by atoms with Crippen LogP contribution < -0.4 is 14.9 Å². The Hall–Kier alpha value is -4.79. The number of hydrogen-bond acceptors (Lipinski definition) is 9. The third kappa shape index (κ3) is 4.11. The molecular weight excluding hydrogens is 468 g/mol. The van der Waals surface area contributed by atoms with Crippen molar-refractivity contribution >= 4 is 22.9 Å². The van der Waals surface area contributed by atoms with Gasteiger partial charge in [0.1, 0.15) is 40.2 Å². The van der Waals surface area contributed by atoms with Crippen molar-refractivity contribution in [2.24, 2.45) is 0 Å². The smallest absolute Gasteiger partial charge is 0.343 e. The van der Waals surface area contributed by atoms with E-state index in [1.165, 1.54) is 31.6 Å². The number of carbonyl (C=O) groups is 2. The SMILES string of the molecule is COC(=O)COc1ccc(C2CC(=O)Oc3cc(O)c4c(=O)c(-c5ccc(O)cc5)coc4c32)cc1. The van der Waals surface area contributed by atoms with Gasteiger partial charge in [0.05, 0.1) is 19.1 Å². The van der Waals surface area contributed by atoms with Gasteiger partial charge in [0.25, 0.3) is 0 Å². The average molecular weight is 488 g/mol. The highest BCUT2D eigenvalue weighted by Gasteiger charge is 2.33. The predicted octanol–water partition coefficient (Wildman–Crippen LogP) is 3.86. The molecule has 0 radical (unpaired) electrons. The fraction of sp³-hybridized carbons (Fsp3) is 0.148. The van der Waals surface area contributed by atoms with Crippen LogP contribution in [-0.4, -0.2) is 35.9 Å². The van der Waals surface area contributed by atoms with E-state index in [0.29, 0.717) is 16.9 Å². The molecule has 1 aromatic heterocycles. The second-order valence-electron chi connectivity index (χ2n) is 8.20. The number of phenolic OH excluding ortho intramolecular Hbond substituents is 2. The van der Waals surface area contributed by atoms with Gasteiger partial charge >= 0.3 is 11.9 Å². The molecule has 1 aliphatic heterocycles. The topological polar surface area (TPSA) is 132 Å². The van der Waals surface area contributed by atoms with Crippen molar-refractivity contribution in [1.82, 2.24) is 0 Å². The minimum Gasteiger partial charge on any atom is -0.508 e. The lowest BCUT2D eigenvalue weighted by atomic mass is 9.85. The molecule has 1 atom stereocenters. The molecule has 4 aromatic rings. The van der Waals surface area contributed by atoms with Crippen molar-refractivity contribution < 1.29 is 38.4 Å². The van der Waals surface area contributed by atoms with E-state index in [9.17, 15) is 24.6 Å². The molecule has 0 amide bonds. The first-order chi connectivity index (χ1) is 17.4. The third-order valence-electron chi connectivity index (χ3n) is 6.02. The fourth-order valence-electron chi connectivity index (χ4n) is 4.25. The molecule has 2 N–H and O–H groups in total. The van der Waals surface area contributed by atoms with Crippen molar-refractivity contribution in [3.8, 4) is 34.1 Å². The zero-order valence-electron chi connectivity index (χ0n) is 19.0. The lowest BCUT2D eigenvalue weighted by Gasteiger charge is -2.26. The Morgan fingerprint density at radius 3 is 2.47 bits per heavy atom. The maximum Gasteiger partial charge on any atom is 0.343 e. The summed E-state index contributed by atoms with van der Waals surface area (Å²) in [5.41, 5.74) is 1.53. The lowest BCUT2D eigenvalue weighted by Crippen LogP contribution is -2.22. The van der Waals surface area contributed by atoms with Crippen molar-refractivity contribution in [2.75, 3.05) is 13.7 Å². The van der Waals surface area contributed by atoms with Gasteiger partial charge < -0.3 is 28.8 Å². The number of aromatic hydroxyl groups is 2. The number of ether oxygens (including phenoxy) is 3. The molecule has 2 heterocycles. The first-order valence-corrected chi connectivity index (χ1v) is 11.0. The molecule has 182 valence electrons. The standard InChI is InChI=1S/C27H20O9/c1-33-23(31)13-34-17-8-4-14(5-9-17)18-10-22(30)36-21-11-20(29)25-26(32)19(12-35-27(25)24(18)21)15-2-6-16(28)7-3-15/h2-9,11-12,18,28-29H,10,13H2,1H3. The van der Waals surface area contributed by atoms with Crippen molar-refractivity contribution in [3.63, 3.8) is 0 Å². The van der Waals surface area contributed by atoms with Crippen LogP contribution in [0.25, 0.3) is 22.1 Å². The summed E-state index contributed by atoms with van der Waals surface area (Å²) in [4.78, 5) is 37.1. The van der Waals surface area contributed by atoms with Gasteiger partial charge in [-0.05, 0) is 35.4 Å². The van der Waals surface area contributed by atoms with E-state index in [4.69, 9.17) is 13.9 Å². The molecule has 1 aliphatic rings. The van der Waals surface area contributed by atoms with Crippen molar-refractivity contribution in [3.05, 3.63) is 82.2 Å². The molecule has 9 nitrogen and oxygen atoms in total. The van der Waals surface area contributed by atoms with Gasteiger partial charge in [0, 0.05) is 17.5 Å². The summed E-state index contributed by atoms with van der Waals surface area (Å²) in [6.45, 7) is -0.243. The van der Waals surface area contributed by atoms with Crippen LogP contribution in [0.2, 0.25) is 0 Å². The van der Waals surface area contributed by atoms with E-state index in [1.54, 1.807) is 36.4 Å². The Bertz CT molecular complexity index is 1530. The Morgan fingerprint density at radius 1 is 1.06 bits per heavy atom. The largest absolute Gasteiger partial charge is 0.508 e. The lowest BCUT2D eigenvalue weighted by molar-refractivity contribution is -0.143. The van der Waals surface area contributed by atoms with Crippen LogP contribution in [0.4, 0.5) is 0 Å². The van der Waals surface area contributed by atoms with Crippen molar-refractivity contribution in [1.29, 1.82) is 0 Å². The van der Waals surface area contributed by atoms with E-state index in [1.807, 2.05) is 0 Å². The van der Waals surface area contributed by atoms with Crippen LogP contribution in [0.1, 0.15) is 23.5 Å². The number of rotatable bonds is 5. The second kappa shape index (κ2) is 9.10. The first kappa shape index (κ1) is 23.0. The highest BCUT2D eigenvalue weighted by molar-refractivity contribution is 5.94. The number of hydrogen-bond donors (Lipinski definition) is 2. The van der Waals surface area contributed by atoms with Crippen LogP contribution >= 0.6 is 0 Å². The van der Waals surface area contributed by atoms with Gasteiger partial charge in [-0.25, -0.2) is 4.79 Å². The number of esters is 2. The van der Waals surface area contributed by atoms with Crippen molar-refractivity contribution in [2.45, 2.75) is 12.3 Å². The number of carbonyl (C=O) groups excluding carboxylic acids is 2. The van der Waals surface area contributed by atoms with Gasteiger partial charge in [-0.15, -0.1) is 0 Å². The van der Waals surface area contributed by atoms with E-state index in [-0.39, 0.29) is 46.8 Å². The van der Waals surface area contributed by atoms with E-state index >= 15 is 0 Å². The molecule has 1 unspecified atom stereocenters. The van der Waals surface area contributed by atoms with Gasteiger partial charge in [-0.2, -0.15) is 0 Å². The summed E-state index contributed by atoms with van der Waals surface area (Å²) in [7, 11) is 1.27. The number of benzene rings is 3. The maximum atomic E-state index is 13.4. The number of fused-ring (bicyclic) bond motifs is 3. The molecule has 3 aromatic carbocycles. The van der Waals surface area contributed by atoms with Crippen LogP contribution in [-0.2, 0) is 14.3 Å². The van der Waals surface area contributed by atoms with Crippen LogP contribution in [0.3, 0.4) is 0 Å². The maximum absolute atomic E-state index is 13.4. The van der Waals surface area contributed by atoms with Crippen LogP contribution in [0.15, 0.2) is 70.1 Å². The van der Waals surface area contributed by atoms with Gasteiger partial charge in [-0.1, -0.05) is 24.3 Å². The minimum absolute atomic E-state index is 0.0152. The molecule has 0 saturated heterocycles. The number of phenols is 2. The summed E-state index contributed by atoms with van der Waals surface area (Å²) in [5, 5.41) is 20.2. The first-order valence-electron chi connectivity index (χ1n) is 11.0. The van der Waals surface area contributed by atoms with Gasteiger partial charge in [0.15, 0.2) is 6.61 Å². The normalized spacial score (nSPS) is 14.7. The average Bonchev–Trinajstić information content (AvgIpc) is 2.87. The minimum atomic E-state index is -0.526. The summed E-state index contributed by atoms with van der Waals surface area (Å²) in [5.74, 6) is -1.33. The Morgan fingerprint density at radius 2 is 1.78 bits per heavy atom. The molecule has 9 heteroatoms. The van der Waals surface area contributed by atoms with Gasteiger partial charge in [-0.3, -0.25) is 9.59 Å². The zero-order valence-corrected chi connectivity index (χ0v) is 19.0. The molecule has 36 heavy (non-hydrogen) atoms.